The summed E-state index contributed by atoms with van der Waals surface area (Å²) in [5, 5.41) is 32.1. The number of aromatic nitrogens is 2. The van der Waals surface area contributed by atoms with Crippen molar-refractivity contribution in [2.75, 3.05) is 18.5 Å². The van der Waals surface area contributed by atoms with Gasteiger partial charge in [-0.2, -0.15) is 14.8 Å². The van der Waals surface area contributed by atoms with Crippen LogP contribution >= 0.6 is 8.00 Å². The summed E-state index contributed by atoms with van der Waals surface area (Å²) in [5.41, 5.74) is 2.97. The average molecular weight is 589 g/mol. The fourth-order valence-electron chi connectivity index (χ4n) is 4.11. The number of carbonyl (C=O) groups excluding carboxylic acids is 1. The summed E-state index contributed by atoms with van der Waals surface area (Å²) >= 11 is 0. The van der Waals surface area contributed by atoms with Gasteiger partial charge in [-0.25, -0.2) is 4.79 Å². The molecule has 2 unspecified atom stereocenters. The molecule has 1 aromatic heterocycles. The lowest BCUT2D eigenvalue weighted by atomic mass is 10.0. The minimum atomic E-state index is -2.70. The average Bonchev–Trinajstić information content (AvgIpc) is 3.23. The predicted molar refractivity (Wildman–Crippen MR) is 157 cm³/mol. The molecule has 11 nitrogen and oxygen atoms in total. The SMILES string of the molecule is CC(=O)Nc1ccn([C@@H]2O[C@H](CO)[C@@H](O)C2=[P+]([O-])OCC(C#N)CC=C(C)CCC=C(C)CCC=C(C)C)c(=O)n1. The number of anilines is 1. The predicted octanol–water partition coefficient (Wildman–Crippen LogP) is 3.26. The highest BCUT2D eigenvalue weighted by atomic mass is 31.1. The van der Waals surface area contributed by atoms with E-state index in [9.17, 15) is 30.0 Å². The number of allylic oxidation sites excluding steroid dienone is 6. The largest absolute Gasteiger partial charge is 0.603 e. The Morgan fingerprint density at radius 1 is 1.24 bits per heavy atom. The van der Waals surface area contributed by atoms with Gasteiger partial charge in [-0.15, -0.1) is 0 Å². The lowest BCUT2D eigenvalue weighted by molar-refractivity contribution is -0.173. The normalized spacial score (nSPS) is 21.3. The van der Waals surface area contributed by atoms with Crippen molar-refractivity contribution >= 4 is 25.0 Å². The van der Waals surface area contributed by atoms with Gasteiger partial charge in [-0.1, -0.05) is 34.9 Å². The van der Waals surface area contributed by atoms with Gasteiger partial charge in [0.05, 0.1) is 18.6 Å². The molecule has 0 aliphatic carbocycles. The number of aliphatic hydroxyl groups is 2. The Labute approximate surface area is 242 Å². The summed E-state index contributed by atoms with van der Waals surface area (Å²) in [4.78, 5) is 40.7. The van der Waals surface area contributed by atoms with E-state index < -0.39 is 50.6 Å². The van der Waals surface area contributed by atoms with Gasteiger partial charge < -0.3 is 25.2 Å². The summed E-state index contributed by atoms with van der Waals surface area (Å²) in [5.74, 6) is -0.983. The van der Waals surface area contributed by atoms with Gasteiger partial charge in [0.15, 0.2) is 0 Å². The maximum Gasteiger partial charge on any atom is 0.352 e. The Bertz CT molecular complexity index is 1270. The molecule has 2 rings (SSSR count). The number of hydrogen-bond donors (Lipinski definition) is 3. The van der Waals surface area contributed by atoms with E-state index in [1.807, 2.05) is 13.0 Å². The van der Waals surface area contributed by atoms with Crippen LogP contribution in [0.2, 0.25) is 0 Å². The molecular weight excluding hydrogens is 547 g/mol. The van der Waals surface area contributed by atoms with Crippen LogP contribution in [-0.2, 0) is 14.1 Å². The Balaban J connectivity index is 2.06. The molecule has 0 spiro atoms. The van der Waals surface area contributed by atoms with E-state index in [0.29, 0.717) is 6.42 Å². The van der Waals surface area contributed by atoms with Crippen molar-refractivity contribution in [3.05, 3.63) is 57.7 Å². The maximum absolute atomic E-state index is 13.1. The highest BCUT2D eigenvalue weighted by molar-refractivity contribution is 7.47. The molecule has 5 atom stereocenters. The maximum atomic E-state index is 13.1. The molecule has 1 amide bonds. The standard InChI is InChI=1S/C29H41N4O7P/c1-19(2)8-6-9-20(3)10-7-11-21(4)12-13-23(16-30)18-39-41(38)27-26(36)24(17-34)40-28(27)33-15-14-25(31-22(5)35)32-29(33)37/h8,10,12,14-15,23-24,26,28,34,36H,6-7,9,11,13,17-18H2,1-5H3,(H,31,32,35,37)/t23?,24-,26-,28-/m1/s1. The second kappa shape index (κ2) is 17.1. The van der Waals surface area contributed by atoms with Gasteiger partial charge in [0.2, 0.25) is 25.4 Å². The summed E-state index contributed by atoms with van der Waals surface area (Å²) in [6.07, 6.45) is 8.03. The van der Waals surface area contributed by atoms with E-state index in [1.54, 1.807) is 0 Å². The molecule has 0 bridgehead atoms. The molecular formula is C29H41N4O7P. The Morgan fingerprint density at radius 2 is 1.90 bits per heavy atom. The number of aliphatic hydroxyl groups excluding tert-OH is 2. The van der Waals surface area contributed by atoms with Gasteiger partial charge in [0.1, 0.15) is 24.6 Å². The van der Waals surface area contributed by atoms with Crippen LogP contribution < -0.4 is 15.9 Å². The first kappa shape index (κ1) is 34.2. The third-order valence-electron chi connectivity index (χ3n) is 6.44. The monoisotopic (exact) mass is 588 g/mol. The zero-order chi connectivity index (χ0) is 30.5. The molecule has 3 N–H and O–H groups in total. The molecule has 1 aliphatic heterocycles. The van der Waals surface area contributed by atoms with Crippen molar-refractivity contribution in [3.63, 3.8) is 0 Å². The number of nitriles is 1. The first-order valence-corrected chi connectivity index (χ1v) is 14.8. The van der Waals surface area contributed by atoms with Gasteiger partial charge in [0.25, 0.3) is 0 Å². The lowest BCUT2D eigenvalue weighted by Crippen LogP contribution is -2.33. The van der Waals surface area contributed by atoms with E-state index >= 15 is 0 Å². The number of nitrogens with one attached hydrogen (secondary N) is 1. The third kappa shape index (κ3) is 11.1. The highest BCUT2D eigenvalue weighted by Gasteiger charge is 2.47. The molecule has 1 fully saturated rings. The van der Waals surface area contributed by atoms with Crippen LogP contribution in [0.3, 0.4) is 0 Å². The fraction of sp³-hybridized carbons (Fsp3) is 0.552. The number of ether oxygens (including phenoxy) is 1. The van der Waals surface area contributed by atoms with Crippen molar-refractivity contribution in [1.82, 2.24) is 9.55 Å². The zero-order valence-electron chi connectivity index (χ0n) is 24.4. The molecule has 224 valence electrons. The van der Waals surface area contributed by atoms with Crippen LogP contribution in [0, 0.1) is 17.2 Å². The van der Waals surface area contributed by atoms with Crippen LogP contribution in [0.4, 0.5) is 5.82 Å². The first-order chi connectivity index (χ1) is 19.5. The number of carbonyl (C=O) groups is 1. The van der Waals surface area contributed by atoms with Crippen LogP contribution in [0.5, 0.6) is 0 Å². The molecule has 0 aromatic carbocycles. The van der Waals surface area contributed by atoms with Gasteiger partial charge in [-0.3, -0.25) is 9.36 Å². The van der Waals surface area contributed by atoms with E-state index in [1.165, 1.54) is 30.3 Å². The van der Waals surface area contributed by atoms with Crippen LogP contribution in [0.15, 0.2) is 52.0 Å². The topological polar surface area (TPSA) is 170 Å². The number of amides is 1. The van der Waals surface area contributed by atoms with Crippen molar-refractivity contribution in [3.8, 4) is 6.07 Å². The third-order valence-corrected chi connectivity index (χ3v) is 7.73. The minimum Gasteiger partial charge on any atom is -0.603 e. The second-order valence-electron chi connectivity index (χ2n) is 10.3. The van der Waals surface area contributed by atoms with Crippen molar-refractivity contribution in [1.29, 1.82) is 5.26 Å². The Hall–Kier alpha value is -2.97. The van der Waals surface area contributed by atoms with Crippen molar-refractivity contribution in [2.24, 2.45) is 5.92 Å². The van der Waals surface area contributed by atoms with Gasteiger partial charge >= 0.3 is 5.69 Å². The molecule has 1 saturated heterocycles. The molecule has 2 heterocycles. The van der Waals surface area contributed by atoms with Crippen molar-refractivity contribution in [2.45, 2.75) is 85.2 Å². The Kier molecular flexibility index (Phi) is 14.3. The Morgan fingerprint density at radius 3 is 2.49 bits per heavy atom. The van der Waals surface area contributed by atoms with E-state index in [0.717, 1.165) is 35.8 Å². The molecule has 1 aliphatic rings. The number of rotatable bonds is 14. The molecule has 12 heteroatoms. The van der Waals surface area contributed by atoms with E-state index in [-0.39, 0.29) is 17.7 Å². The lowest BCUT2D eigenvalue weighted by Gasteiger charge is -2.14. The van der Waals surface area contributed by atoms with Crippen LogP contribution in [-0.4, -0.2) is 56.4 Å². The summed E-state index contributed by atoms with van der Waals surface area (Å²) in [6.45, 7) is 8.84. The molecule has 0 saturated carbocycles. The fourth-order valence-corrected chi connectivity index (χ4v) is 5.32. The second-order valence-corrected chi connectivity index (χ2v) is 11.6. The van der Waals surface area contributed by atoms with Crippen molar-refractivity contribution < 1.29 is 29.2 Å². The van der Waals surface area contributed by atoms with Crippen LogP contribution in [0.1, 0.15) is 73.0 Å². The van der Waals surface area contributed by atoms with E-state index in [2.05, 4.69) is 49.3 Å². The van der Waals surface area contributed by atoms with Crippen LogP contribution in [0.25, 0.3) is 0 Å². The van der Waals surface area contributed by atoms with Gasteiger partial charge in [-0.05, 0) is 65.9 Å². The zero-order valence-corrected chi connectivity index (χ0v) is 25.3. The highest BCUT2D eigenvalue weighted by Crippen LogP contribution is 2.34. The smallest absolute Gasteiger partial charge is 0.352 e. The van der Waals surface area contributed by atoms with Gasteiger partial charge in [0, 0.05) is 13.1 Å². The summed E-state index contributed by atoms with van der Waals surface area (Å²) in [7, 11) is -2.70. The van der Waals surface area contributed by atoms with E-state index in [4.69, 9.17) is 9.26 Å². The summed E-state index contributed by atoms with van der Waals surface area (Å²) < 4.78 is 12.1. The molecule has 41 heavy (non-hydrogen) atoms. The minimum absolute atomic E-state index is 0.0176. The number of nitrogens with zero attached hydrogens (tertiary/aromatic N) is 3. The quantitative estimate of drug-likeness (QED) is 0.218. The number of hydrogen-bond acceptors (Lipinski definition) is 9. The molecule has 1 aromatic rings. The first-order valence-electron chi connectivity index (χ1n) is 13.6. The summed E-state index contributed by atoms with van der Waals surface area (Å²) in [6, 6.07) is 3.50. The molecule has 0 radical (unpaired) electrons.